The molecule has 1 fully saturated rings. The average molecular weight is 262 g/mol. The standard InChI is InChI=1S/C15H22N2O2/c1-11-8-15(14(16)18,9-12(2)19-11)17-10-13-6-4-3-5-7-13/h3-7,11-12,17H,8-10H2,1-2H3,(H2,16,18). The zero-order valence-corrected chi connectivity index (χ0v) is 11.6. The third-order valence-corrected chi connectivity index (χ3v) is 3.68. The summed E-state index contributed by atoms with van der Waals surface area (Å²) in [4.78, 5) is 11.9. The van der Waals surface area contributed by atoms with Crippen molar-refractivity contribution in [2.75, 3.05) is 0 Å². The normalized spacial score (nSPS) is 31.1. The number of nitrogens with two attached hydrogens (primary N) is 1. The summed E-state index contributed by atoms with van der Waals surface area (Å²) in [7, 11) is 0. The highest BCUT2D eigenvalue weighted by Gasteiger charge is 2.43. The smallest absolute Gasteiger partial charge is 0.237 e. The molecular formula is C15H22N2O2. The van der Waals surface area contributed by atoms with E-state index in [9.17, 15) is 4.79 Å². The molecule has 3 N–H and O–H groups in total. The van der Waals surface area contributed by atoms with Crippen LogP contribution >= 0.6 is 0 Å². The molecule has 104 valence electrons. The van der Waals surface area contributed by atoms with E-state index >= 15 is 0 Å². The van der Waals surface area contributed by atoms with Crippen molar-refractivity contribution in [3.8, 4) is 0 Å². The van der Waals surface area contributed by atoms with Gasteiger partial charge in [0.05, 0.1) is 12.2 Å². The van der Waals surface area contributed by atoms with Crippen LogP contribution < -0.4 is 11.1 Å². The number of carbonyl (C=O) groups excluding carboxylic acids is 1. The van der Waals surface area contributed by atoms with Crippen LogP contribution in [-0.2, 0) is 16.1 Å². The molecule has 1 heterocycles. The Kier molecular flexibility index (Phi) is 4.22. The SMILES string of the molecule is CC1CC(NCc2ccccc2)(C(N)=O)CC(C)O1. The van der Waals surface area contributed by atoms with Crippen molar-refractivity contribution < 1.29 is 9.53 Å². The van der Waals surface area contributed by atoms with Crippen molar-refractivity contribution >= 4 is 5.91 Å². The van der Waals surface area contributed by atoms with E-state index in [0.717, 1.165) is 5.56 Å². The number of amides is 1. The molecule has 1 aliphatic rings. The highest BCUT2D eigenvalue weighted by Crippen LogP contribution is 2.29. The van der Waals surface area contributed by atoms with Gasteiger partial charge in [0.2, 0.25) is 5.91 Å². The van der Waals surface area contributed by atoms with Crippen molar-refractivity contribution in [1.29, 1.82) is 0 Å². The van der Waals surface area contributed by atoms with Crippen LogP contribution in [0.2, 0.25) is 0 Å². The molecule has 1 aromatic rings. The first kappa shape index (κ1) is 14.0. The largest absolute Gasteiger partial charge is 0.375 e. The molecule has 0 spiro atoms. The Morgan fingerprint density at radius 1 is 1.32 bits per heavy atom. The van der Waals surface area contributed by atoms with E-state index < -0.39 is 5.54 Å². The third kappa shape index (κ3) is 3.33. The molecule has 19 heavy (non-hydrogen) atoms. The second-order valence-corrected chi connectivity index (χ2v) is 5.45. The molecule has 0 saturated carbocycles. The van der Waals surface area contributed by atoms with Crippen molar-refractivity contribution in [2.24, 2.45) is 5.73 Å². The van der Waals surface area contributed by atoms with Crippen LogP contribution in [0.3, 0.4) is 0 Å². The minimum Gasteiger partial charge on any atom is -0.375 e. The first-order valence-corrected chi connectivity index (χ1v) is 6.76. The van der Waals surface area contributed by atoms with Crippen LogP contribution in [0, 0.1) is 0 Å². The number of primary amides is 1. The van der Waals surface area contributed by atoms with E-state index in [1.807, 2.05) is 44.2 Å². The minimum atomic E-state index is -0.660. The van der Waals surface area contributed by atoms with Crippen molar-refractivity contribution in [2.45, 2.75) is 51.0 Å². The molecular weight excluding hydrogens is 240 g/mol. The molecule has 4 nitrogen and oxygen atoms in total. The maximum Gasteiger partial charge on any atom is 0.237 e. The summed E-state index contributed by atoms with van der Waals surface area (Å²) in [5.74, 6) is -0.287. The molecule has 2 atom stereocenters. The van der Waals surface area contributed by atoms with Gasteiger partial charge in [0.15, 0.2) is 0 Å². The molecule has 4 heteroatoms. The van der Waals surface area contributed by atoms with Crippen molar-refractivity contribution in [3.63, 3.8) is 0 Å². The Labute approximate surface area is 114 Å². The topological polar surface area (TPSA) is 64.3 Å². The summed E-state index contributed by atoms with van der Waals surface area (Å²) in [6.07, 6.45) is 1.33. The number of rotatable bonds is 4. The van der Waals surface area contributed by atoms with E-state index in [2.05, 4.69) is 5.32 Å². The Hall–Kier alpha value is -1.39. The van der Waals surface area contributed by atoms with E-state index in [-0.39, 0.29) is 18.1 Å². The number of benzene rings is 1. The lowest BCUT2D eigenvalue weighted by Gasteiger charge is -2.41. The third-order valence-electron chi connectivity index (χ3n) is 3.68. The molecule has 1 amide bonds. The zero-order chi connectivity index (χ0) is 13.9. The molecule has 1 aliphatic heterocycles. The Morgan fingerprint density at radius 2 is 1.89 bits per heavy atom. The van der Waals surface area contributed by atoms with Crippen LogP contribution in [0.15, 0.2) is 30.3 Å². The van der Waals surface area contributed by atoms with Gasteiger partial charge in [0.25, 0.3) is 0 Å². The van der Waals surface area contributed by atoms with E-state index in [4.69, 9.17) is 10.5 Å². The lowest BCUT2D eigenvalue weighted by Crippen LogP contribution is -2.60. The fraction of sp³-hybridized carbons (Fsp3) is 0.533. The van der Waals surface area contributed by atoms with Crippen molar-refractivity contribution in [1.82, 2.24) is 5.32 Å². The number of hydrogen-bond acceptors (Lipinski definition) is 3. The fourth-order valence-electron chi connectivity index (χ4n) is 2.86. The lowest BCUT2D eigenvalue weighted by molar-refractivity contribution is -0.135. The Bertz CT molecular complexity index is 423. The van der Waals surface area contributed by atoms with Gasteiger partial charge >= 0.3 is 0 Å². The van der Waals surface area contributed by atoms with E-state index in [1.165, 1.54) is 0 Å². The predicted molar refractivity (Wildman–Crippen MR) is 74.5 cm³/mol. The second-order valence-electron chi connectivity index (χ2n) is 5.45. The van der Waals surface area contributed by atoms with Gasteiger partial charge in [-0.25, -0.2) is 0 Å². The van der Waals surface area contributed by atoms with Gasteiger partial charge in [-0.1, -0.05) is 30.3 Å². The molecule has 2 unspecified atom stereocenters. The van der Waals surface area contributed by atoms with Crippen LogP contribution in [0.25, 0.3) is 0 Å². The summed E-state index contributed by atoms with van der Waals surface area (Å²) in [5.41, 5.74) is 6.12. The second kappa shape index (κ2) is 5.72. The summed E-state index contributed by atoms with van der Waals surface area (Å²) in [5, 5.41) is 3.36. The predicted octanol–water partition coefficient (Wildman–Crippen LogP) is 1.59. The van der Waals surface area contributed by atoms with Crippen LogP contribution in [0.4, 0.5) is 0 Å². The monoisotopic (exact) mass is 262 g/mol. The number of nitrogens with one attached hydrogen (secondary N) is 1. The molecule has 1 saturated heterocycles. The first-order valence-electron chi connectivity index (χ1n) is 6.76. The summed E-state index contributed by atoms with van der Waals surface area (Å²) >= 11 is 0. The lowest BCUT2D eigenvalue weighted by atomic mass is 9.83. The zero-order valence-electron chi connectivity index (χ0n) is 11.6. The van der Waals surface area contributed by atoms with Gasteiger partial charge in [-0.3, -0.25) is 10.1 Å². The summed E-state index contributed by atoms with van der Waals surface area (Å²) in [6, 6.07) is 10.0. The highest BCUT2D eigenvalue weighted by molar-refractivity contribution is 5.85. The van der Waals surface area contributed by atoms with Crippen LogP contribution in [0.1, 0.15) is 32.3 Å². The maximum absolute atomic E-state index is 11.9. The maximum atomic E-state index is 11.9. The quantitative estimate of drug-likeness (QED) is 0.866. The van der Waals surface area contributed by atoms with Gasteiger partial charge in [-0.15, -0.1) is 0 Å². The fourth-order valence-corrected chi connectivity index (χ4v) is 2.86. The summed E-state index contributed by atoms with van der Waals surface area (Å²) < 4.78 is 5.70. The number of hydrogen-bond donors (Lipinski definition) is 2. The highest BCUT2D eigenvalue weighted by atomic mass is 16.5. The van der Waals surface area contributed by atoms with Gasteiger partial charge in [0, 0.05) is 19.4 Å². The molecule has 0 aliphatic carbocycles. The molecule has 2 rings (SSSR count). The summed E-state index contributed by atoms with van der Waals surface area (Å²) in [6.45, 7) is 4.61. The molecule has 0 bridgehead atoms. The Balaban J connectivity index is 2.09. The minimum absolute atomic E-state index is 0.0412. The van der Waals surface area contributed by atoms with Crippen LogP contribution in [-0.4, -0.2) is 23.7 Å². The van der Waals surface area contributed by atoms with Gasteiger partial charge in [0.1, 0.15) is 5.54 Å². The molecule has 0 radical (unpaired) electrons. The van der Waals surface area contributed by atoms with E-state index in [1.54, 1.807) is 0 Å². The van der Waals surface area contributed by atoms with Crippen LogP contribution in [0.5, 0.6) is 0 Å². The number of carbonyl (C=O) groups is 1. The molecule has 0 aromatic heterocycles. The van der Waals surface area contributed by atoms with E-state index in [0.29, 0.717) is 19.4 Å². The van der Waals surface area contributed by atoms with Gasteiger partial charge in [-0.2, -0.15) is 0 Å². The average Bonchev–Trinajstić information content (AvgIpc) is 2.36. The van der Waals surface area contributed by atoms with Crippen molar-refractivity contribution in [3.05, 3.63) is 35.9 Å². The van der Waals surface area contributed by atoms with Gasteiger partial charge in [-0.05, 0) is 19.4 Å². The Morgan fingerprint density at radius 3 is 2.42 bits per heavy atom. The molecule has 1 aromatic carbocycles. The van der Waals surface area contributed by atoms with Gasteiger partial charge < -0.3 is 10.5 Å². The number of ether oxygens (including phenoxy) is 1. The first-order chi connectivity index (χ1) is 9.02.